The molecule has 2 heterocycles. The van der Waals surface area contributed by atoms with Crippen molar-refractivity contribution < 1.29 is 4.79 Å². The summed E-state index contributed by atoms with van der Waals surface area (Å²) < 4.78 is 1.49. The number of imidazole rings is 1. The largest absolute Gasteiger partial charge is 0.337 e. The first kappa shape index (κ1) is 12.8. The van der Waals surface area contributed by atoms with Gasteiger partial charge in [0, 0.05) is 30.7 Å². The summed E-state index contributed by atoms with van der Waals surface area (Å²) >= 11 is 0. The molecule has 1 amide bonds. The van der Waals surface area contributed by atoms with Gasteiger partial charge in [0.25, 0.3) is 0 Å². The zero-order valence-electron chi connectivity index (χ0n) is 11.3. The van der Waals surface area contributed by atoms with Crippen molar-refractivity contribution in [3.8, 4) is 11.3 Å². The molecule has 0 unspecified atom stereocenters. The van der Waals surface area contributed by atoms with E-state index in [9.17, 15) is 4.79 Å². The highest BCUT2D eigenvalue weighted by atomic mass is 16.2. The summed E-state index contributed by atoms with van der Waals surface area (Å²) in [6.07, 6.45) is 11.7. The summed E-state index contributed by atoms with van der Waals surface area (Å²) in [5.41, 5.74) is 1.67. The fraction of sp³-hybridized carbons (Fsp3) is 0.400. The van der Waals surface area contributed by atoms with Gasteiger partial charge in [-0.2, -0.15) is 0 Å². The predicted octanol–water partition coefficient (Wildman–Crippen LogP) is 2.69. The maximum atomic E-state index is 11.9. The van der Waals surface area contributed by atoms with Crippen molar-refractivity contribution in [1.29, 1.82) is 0 Å². The monoisotopic (exact) mass is 270 g/mol. The van der Waals surface area contributed by atoms with Crippen molar-refractivity contribution in [2.75, 3.05) is 6.54 Å². The van der Waals surface area contributed by atoms with Crippen LogP contribution in [-0.2, 0) is 0 Å². The normalized spacial score (nSPS) is 14.2. The first-order valence-electron chi connectivity index (χ1n) is 7.05. The minimum absolute atomic E-state index is 0.122. The molecule has 0 spiro atoms. The third-order valence-electron chi connectivity index (χ3n) is 3.54. The number of amides is 1. The van der Waals surface area contributed by atoms with Crippen LogP contribution in [0, 0.1) is 5.92 Å². The summed E-state index contributed by atoms with van der Waals surface area (Å²) in [6, 6.07) is 3.66. The quantitative estimate of drug-likeness (QED) is 0.850. The second-order valence-electron chi connectivity index (χ2n) is 5.23. The van der Waals surface area contributed by atoms with E-state index in [-0.39, 0.29) is 6.03 Å². The van der Waals surface area contributed by atoms with E-state index in [1.54, 1.807) is 24.9 Å². The summed E-state index contributed by atoms with van der Waals surface area (Å²) in [5, 5.41) is 2.92. The Morgan fingerprint density at radius 2 is 2.35 bits per heavy atom. The van der Waals surface area contributed by atoms with Gasteiger partial charge in [0.2, 0.25) is 0 Å². The lowest BCUT2D eigenvalue weighted by Gasteiger charge is -2.04. The van der Waals surface area contributed by atoms with Gasteiger partial charge in [-0.1, -0.05) is 12.8 Å². The Balaban J connectivity index is 1.54. The van der Waals surface area contributed by atoms with E-state index >= 15 is 0 Å². The molecule has 1 N–H and O–H groups in total. The van der Waals surface area contributed by atoms with E-state index in [4.69, 9.17) is 0 Å². The van der Waals surface area contributed by atoms with Crippen LogP contribution in [0.3, 0.4) is 0 Å². The number of aromatic nitrogens is 3. The maximum absolute atomic E-state index is 11.9. The van der Waals surface area contributed by atoms with E-state index < -0.39 is 0 Å². The highest BCUT2D eigenvalue weighted by Crippen LogP contribution is 2.33. The third kappa shape index (κ3) is 3.23. The molecular weight excluding hydrogens is 252 g/mol. The molecule has 0 bridgehead atoms. The van der Waals surface area contributed by atoms with Crippen LogP contribution >= 0.6 is 0 Å². The van der Waals surface area contributed by atoms with Crippen LogP contribution < -0.4 is 5.32 Å². The lowest BCUT2D eigenvalue weighted by molar-refractivity contribution is 0.242. The topological polar surface area (TPSA) is 59.8 Å². The number of nitrogens with zero attached hydrogens (tertiary/aromatic N) is 3. The SMILES string of the molecule is O=C(NCCCC1CC1)n1cnc(-c2cccnc2)c1. The Morgan fingerprint density at radius 3 is 3.10 bits per heavy atom. The van der Waals surface area contributed by atoms with Crippen molar-refractivity contribution in [2.45, 2.75) is 25.7 Å². The van der Waals surface area contributed by atoms with Gasteiger partial charge in [-0.25, -0.2) is 9.78 Å². The summed E-state index contributed by atoms with van der Waals surface area (Å²) in [4.78, 5) is 20.2. The van der Waals surface area contributed by atoms with Crippen molar-refractivity contribution >= 4 is 6.03 Å². The minimum atomic E-state index is -0.122. The molecule has 5 heteroatoms. The van der Waals surface area contributed by atoms with E-state index in [0.717, 1.165) is 30.1 Å². The molecule has 2 aromatic rings. The van der Waals surface area contributed by atoms with Crippen LogP contribution in [0.5, 0.6) is 0 Å². The highest BCUT2D eigenvalue weighted by Gasteiger charge is 2.20. The van der Waals surface area contributed by atoms with Gasteiger partial charge in [0.05, 0.1) is 5.69 Å². The van der Waals surface area contributed by atoms with Crippen LogP contribution in [0.1, 0.15) is 25.7 Å². The van der Waals surface area contributed by atoms with Crippen LogP contribution in [0.25, 0.3) is 11.3 Å². The second kappa shape index (κ2) is 5.86. The molecule has 3 rings (SSSR count). The van der Waals surface area contributed by atoms with Gasteiger partial charge in [0.1, 0.15) is 6.33 Å². The molecule has 0 saturated heterocycles. The Labute approximate surface area is 118 Å². The molecule has 20 heavy (non-hydrogen) atoms. The summed E-state index contributed by atoms with van der Waals surface area (Å²) in [7, 11) is 0. The maximum Gasteiger partial charge on any atom is 0.326 e. The second-order valence-corrected chi connectivity index (χ2v) is 5.23. The summed E-state index contributed by atoms with van der Waals surface area (Å²) in [5.74, 6) is 0.914. The zero-order valence-corrected chi connectivity index (χ0v) is 11.3. The molecule has 1 aliphatic rings. The van der Waals surface area contributed by atoms with E-state index in [2.05, 4.69) is 15.3 Å². The zero-order chi connectivity index (χ0) is 13.8. The number of nitrogens with one attached hydrogen (secondary N) is 1. The van der Waals surface area contributed by atoms with Gasteiger partial charge in [-0.3, -0.25) is 9.55 Å². The van der Waals surface area contributed by atoms with Crippen LogP contribution in [0.15, 0.2) is 37.1 Å². The molecule has 1 aliphatic carbocycles. The first-order valence-corrected chi connectivity index (χ1v) is 7.05. The summed E-state index contributed by atoms with van der Waals surface area (Å²) in [6.45, 7) is 0.732. The van der Waals surface area contributed by atoms with E-state index in [0.29, 0.717) is 0 Å². The number of rotatable bonds is 5. The van der Waals surface area contributed by atoms with Gasteiger partial charge in [-0.15, -0.1) is 0 Å². The van der Waals surface area contributed by atoms with Crippen LogP contribution in [-0.4, -0.2) is 27.1 Å². The van der Waals surface area contributed by atoms with Gasteiger partial charge in [0.15, 0.2) is 0 Å². The standard InChI is InChI=1S/C15H18N4O/c20-15(17-8-1-3-12-5-6-12)19-10-14(18-11-19)13-4-2-7-16-9-13/h2,4,7,9-12H,1,3,5-6,8H2,(H,17,20). The highest BCUT2D eigenvalue weighted by molar-refractivity contribution is 5.77. The van der Waals surface area contributed by atoms with E-state index in [1.807, 2.05) is 12.1 Å². The minimum Gasteiger partial charge on any atom is -0.337 e. The fourth-order valence-corrected chi connectivity index (χ4v) is 2.18. The van der Waals surface area contributed by atoms with Crippen molar-refractivity contribution in [3.05, 3.63) is 37.1 Å². The molecular formula is C15H18N4O. The smallest absolute Gasteiger partial charge is 0.326 e. The molecule has 1 fully saturated rings. The molecule has 5 nitrogen and oxygen atoms in total. The van der Waals surface area contributed by atoms with Crippen LogP contribution in [0.4, 0.5) is 4.79 Å². The Morgan fingerprint density at radius 1 is 1.45 bits per heavy atom. The number of carbonyl (C=O) groups is 1. The third-order valence-corrected chi connectivity index (χ3v) is 3.54. The molecule has 104 valence electrons. The fourth-order valence-electron chi connectivity index (χ4n) is 2.18. The van der Waals surface area contributed by atoms with E-state index in [1.165, 1.54) is 23.8 Å². The number of pyridine rings is 1. The molecule has 2 aromatic heterocycles. The average Bonchev–Trinajstić information content (AvgIpc) is 3.18. The lowest BCUT2D eigenvalue weighted by Crippen LogP contribution is -2.28. The van der Waals surface area contributed by atoms with Gasteiger partial charge < -0.3 is 5.32 Å². The van der Waals surface area contributed by atoms with Crippen molar-refractivity contribution in [1.82, 2.24) is 19.9 Å². The Hall–Kier alpha value is -2.17. The first-order chi connectivity index (χ1) is 9.83. The molecule has 0 atom stereocenters. The Kier molecular flexibility index (Phi) is 3.76. The molecule has 0 radical (unpaired) electrons. The average molecular weight is 270 g/mol. The molecule has 0 aromatic carbocycles. The Bertz CT molecular complexity index is 575. The molecule has 0 aliphatic heterocycles. The van der Waals surface area contributed by atoms with Gasteiger partial charge >= 0.3 is 6.03 Å². The van der Waals surface area contributed by atoms with Crippen molar-refractivity contribution in [2.24, 2.45) is 5.92 Å². The number of hydrogen-bond acceptors (Lipinski definition) is 3. The molecule has 1 saturated carbocycles. The number of carbonyl (C=O) groups excluding carboxylic acids is 1. The predicted molar refractivity (Wildman–Crippen MR) is 76.2 cm³/mol. The number of hydrogen-bond donors (Lipinski definition) is 1. The van der Waals surface area contributed by atoms with Crippen molar-refractivity contribution in [3.63, 3.8) is 0 Å². The van der Waals surface area contributed by atoms with Crippen LogP contribution in [0.2, 0.25) is 0 Å². The van der Waals surface area contributed by atoms with Gasteiger partial charge in [-0.05, 0) is 30.9 Å². The lowest BCUT2D eigenvalue weighted by atomic mass is 10.2.